The molecule has 26 heavy (non-hydrogen) atoms. The van der Waals surface area contributed by atoms with E-state index in [0.717, 1.165) is 29.8 Å². The van der Waals surface area contributed by atoms with Gasteiger partial charge in [0.1, 0.15) is 0 Å². The second-order valence-corrected chi connectivity index (χ2v) is 9.67. The zero-order valence-electron chi connectivity index (χ0n) is 15.2. The molecule has 1 aromatic heterocycles. The van der Waals surface area contributed by atoms with E-state index in [1.807, 2.05) is 13.8 Å². The largest absolute Gasteiger partial charge is 0.298 e. The monoisotopic (exact) mass is 393 g/mol. The summed E-state index contributed by atoms with van der Waals surface area (Å²) in [6.07, 6.45) is 2.81. The first-order valence-electron chi connectivity index (χ1n) is 8.65. The van der Waals surface area contributed by atoms with Crippen LogP contribution in [0.1, 0.15) is 45.8 Å². The molecule has 0 radical (unpaired) electrons. The number of benzene rings is 1. The van der Waals surface area contributed by atoms with Crippen LogP contribution in [-0.2, 0) is 10.0 Å². The highest BCUT2D eigenvalue weighted by Gasteiger charge is 2.28. The quantitative estimate of drug-likeness (QED) is 0.862. The van der Waals surface area contributed by atoms with E-state index in [1.54, 1.807) is 19.1 Å². The number of nitrogens with one attached hydrogen (secondary N) is 1. The molecule has 1 aromatic carbocycles. The average molecular weight is 394 g/mol. The number of thiazole rings is 1. The smallest absolute Gasteiger partial charge is 0.257 e. The Balaban J connectivity index is 1.88. The van der Waals surface area contributed by atoms with E-state index >= 15 is 0 Å². The minimum atomic E-state index is -3.58. The number of piperidine rings is 1. The molecule has 1 amide bonds. The fourth-order valence-corrected chi connectivity index (χ4v) is 5.54. The van der Waals surface area contributed by atoms with Crippen LogP contribution in [0.5, 0.6) is 0 Å². The molecule has 0 spiro atoms. The number of carbonyl (C=O) groups is 1. The molecule has 140 valence electrons. The Hall–Kier alpha value is -1.77. The summed E-state index contributed by atoms with van der Waals surface area (Å²) in [5.74, 6) is -0.353. The molecule has 1 aliphatic heterocycles. The first-order valence-corrected chi connectivity index (χ1v) is 10.9. The molecule has 6 nitrogen and oxygen atoms in total. The molecule has 8 heteroatoms. The number of anilines is 1. The number of hydrogen-bond acceptors (Lipinski definition) is 5. The summed E-state index contributed by atoms with van der Waals surface area (Å²) in [5.41, 5.74) is 1.84. The van der Waals surface area contributed by atoms with Gasteiger partial charge in [-0.2, -0.15) is 4.31 Å². The van der Waals surface area contributed by atoms with E-state index < -0.39 is 10.0 Å². The topological polar surface area (TPSA) is 79.4 Å². The van der Waals surface area contributed by atoms with Gasteiger partial charge in [-0.25, -0.2) is 13.4 Å². The van der Waals surface area contributed by atoms with Crippen molar-refractivity contribution < 1.29 is 13.2 Å². The van der Waals surface area contributed by atoms with Crippen LogP contribution in [0.4, 0.5) is 5.13 Å². The van der Waals surface area contributed by atoms with Crippen LogP contribution in [0, 0.1) is 20.8 Å². The van der Waals surface area contributed by atoms with Crippen molar-refractivity contribution in [2.45, 2.75) is 44.9 Å². The molecule has 0 unspecified atom stereocenters. The normalized spacial score (nSPS) is 15.8. The minimum absolute atomic E-state index is 0.207. The van der Waals surface area contributed by atoms with Crippen LogP contribution in [0.25, 0.3) is 0 Å². The Bertz CT molecular complexity index is 910. The predicted molar refractivity (Wildman–Crippen MR) is 103 cm³/mol. The van der Waals surface area contributed by atoms with Gasteiger partial charge < -0.3 is 0 Å². The molecule has 2 aromatic rings. The van der Waals surface area contributed by atoms with Crippen LogP contribution >= 0.6 is 11.3 Å². The molecule has 0 aliphatic carbocycles. The zero-order valence-corrected chi connectivity index (χ0v) is 16.8. The first-order chi connectivity index (χ1) is 12.3. The standard InChI is InChI=1S/C18H23N3O3S2/c1-12-7-8-15(17(22)20-18-19-13(2)14(3)25-18)11-16(12)26(23,24)21-9-5-4-6-10-21/h7-8,11H,4-6,9-10H2,1-3H3,(H,19,20,22). The molecular weight excluding hydrogens is 370 g/mol. The van der Waals surface area contributed by atoms with Crippen LogP contribution in [0.3, 0.4) is 0 Å². The summed E-state index contributed by atoms with van der Waals surface area (Å²) in [5, 5.41) is 3.28. The van der Waals surface area contributed by atoms with Crippen molar-refractivity contribution in [3.63, 3.8) is 0 Å². The third kappa shape index (κ3) is 3.82. The van der Waals surface area contributed by atoms with Crippen molar-refractivity contribution in [2.75, 3.05) is 18.4 Å². The number of sulfonamides is 1. The number of carbonyl (C=O) groups excluding carboxylic acids is 1. The van der Waals surface area contributed by atoms with Crippen LogP contribution in [0.2, 0.25) is 0 Å². The Morgan fingerprint density at radius 2 is 1.85 bits per heavy atom. The zero-order chi connectivity index (χ0) is 18.9. The highest BCUT2D eigenvalue weighted by Crippen LogP contribution is 2.26. The van der Waals surface area contributed by atoms with Gasteiger partial charge in [-0.1, -0.05) is 12.5 Å². The second kappa shape index (κ2) is 7.46. The Kier molecular flexibility index (Phi) is 5.45. The van der Waals surface area contributed by atoms with Gasteiger partial charge in [0.25, 0.3) is 5.91 Å². The molecule has 0 bridgehead atoms. The Morgan fingerprint density at radius 1 is 1.15 bits per heavy atom. The maximum atomic E-state index is 13.0. The van der Waals surface area contributed by atoms with Crippen molar-refractivity contribution >= 4 is 32.4 Å². The SMILES string of the molecule is Cc1ccc(C(=O)Nc2nc(C)c(C)s2)cc1S(=O)(=O)N1CCCCC1. The molecule has 2 heterocycles. The van der Waals surface area contributed by atoms with Crippen molar-refractivity contribution in [2.24, 2.45) is 0 Å². The van der Waals surface area contributed by atoms with Crippen LogP contribution < -0.4 is 5.32 Å². The predicted octanol–water partition coefficient (Wildman–Crippen LogP) is 3.50. The highest BCUT2D eigenvalue weighted by atomic mass is 32.2. The van der Waals surface area contributed by atoms with Gasteiger partial charge in [-0.3, -0.25) is 10.1 Å². The Morgan fingerprint density at radius 3 is 2.46 bits per heavy atom. The molecular formula is C18H23N3O3S2. The summed E-state index contributed by atoms with van der Waals surface area (Å²) in [7, 11) is -3.58. The molecule has 1 N–H and O–H groups in total. The second-order valence-electron chi connectivity index (χ2n) is 6.56. The van der Waals surface area contributed by atoms with Gasteiger partial charge in [-0.15, -0.1) is 11.3 Å². The molecule has 0 atom stereocenters. The summed E-state index contributed by atoms with van der Waals surface area (Å²) in [6.45, 7) is 6.66. The van der Waals surface area contributed by atoms with E-state index in [4.69, 9.17) is 0 Å². The lowest BCUT2D eigenvalue weighted by atomic mass is 10.1. The van der Waals surface area contributed by atoms with Crippen LogP contribution in [0.15, 0.2) is 23.1 Å². The minimum Gasteiger partial charge on any atom is -0.298 e. The van der Waals surface area contributed by atoms with Gasteiger partial charge in [0.15, 0.2) is 5.13 Å². The molecule has 1 saturated heterocycles. The number of aromatic nitrogens is 1. The Labute approximate surface area is 158 Å². The number of hydrogen-bond donors (Lipinski definition) is 1. The van der Waals surface area contributed by atoms with Gasteiger partial charge >= 0.3 is 0 Å². The average Bonchev–Trinajstić information content (AvgIpc) is 2.93. The summed E-state index contributed by atoms with van der Waals surface area (Å²) in [4.78, 5) is 18.1. The highest BCUT2D eigenvalue weighted by molar-refractivity contribution is 7.89. The van der Waals surface area contributed by atoms with Gasteiger partial charge in [0.05, 0.1) is 10.6 Å². The van der Waals surface area contributed by atoms with Crippen molar-refractivity contribution in [1.82, 2.24) is 9.29 Å². The molecule has 1 fully saturated rings. The maximum Gasteiger partial charge on any atom is 0.257 e. The van der Waals surface area contributed by atoms with E-state index in [1.165, 1.54) is 21.7 Å². The maximum absolute atomic E-state index is 13.0. The first kappa shape index (κ1) is 19.0. The fourth-order valence-electron chi connectivity index (χ4n) is 2.96. The number of aryl methyl sites for hydroxylation is 3. The van der Waals surface area contributed by atoms with E-state index in [0.29, 0.717) is 29.3 Å². The number of rotatable bonds is 4. The van der Waals surface area contributed by atoms with Crippen LogP contribution in [-0.4, -0.2) is 36.7 Å². The van der Waals surface area contributed by atoms with E-state index in [2.05, 4.69) is 10.3 Å². The lowest BCUT2D eigenvalue weighted by Gasteiger charge is -2.26. The van der Waals surface area contributed by atoms with Gasteiger partial charge in [-0.05, 0) is 51.3 Å². The van der Waals surface area contributed by atoms with E-state index in [9.17, 15) is 13.2 Å². The van der Waals surface area contributed by atoms with Crippen molar-refractivity contribution in [1.29, 1.82) is 0 Å². The molecule has 0 saturated carbocycles. The van der Waals surface area contributed by atoms with Crippen molar-refractivity contribution in [3.8, 4) is 0 Å². The summed E-state index contributed by atoms with van der Waals surface area (Å²) in [6, 6.07) is 4.80. The molecule has 1 aliphatic rings. The summed E-state index contributed by atoms with van der Waals surface area (Å²) >= 11 is 1.40. The fraction of sp³-hybridized carbons (Fsp3) is 0.444. The lowest BCUT2D eigenvalue weighted by Crippen LogP contribution is -2.36. The number of nitrogens with zero attached hydrogens (tertiary/aromatic N) is 2. The lowest BCUT2D eigenvalue weighted by molar-refractivity contribution is 0.102. The molecule has 3 rings (SSSR count). The van der Waals surface area contributed by atoms with Gasteiger partial charge in [0.2, 0.25) is 10.0 Å². The third-order valence-corrected chi connectivity index (χ3v) is 7.66. The third-order valence-electron chi connectivity index (χ3n) is 4.63. The number of amides is 1. The summed E-state index contributed by atoms with van der Waals surface area (Å²) < 4.78 is 27.5. The van der Waals surface area contributed by atoms with E-state index in [-0.39, 0.29) is 10.8 Å². The van der Waals surface area contributed by atoms with Crippen molar-refractivity contribution in [3.05, 3.63) is 39.9 Å². The van der Waals surface area contributed by atoms with Gasteiger partial charge in [0, 0.05) is 23.5 Å².